The van der Waals surface area contributed by atoms with Crippen molar-refractivity contribution in [2.45, 2.75) is 44.9 Å². The van der Waals surface area contributed by atoms with Gasteiger partial charge in [0, 0.05) is 0 Å². The molecule has 0 aliphatic carbocycles. The van der Waals surface area contributed by atoms with Crippen LogP contribution in [0, 0.1) is 0 Å². The van der Waals surface area contributed by atoms with Gasteiger partial charge >= 0.3 is 12.1 Å². The second-order valence-electron chi connectivity index (χ2n) is 4.47. The molecule has 0 aliphatic heterocycles. The average Bonchev–Trinajstić information content (AvgIpc) is 2.37. The van der Waals surface area contributed by atoms with Gasteiger partial charge in [0.2, 0.25) is 0 Å². The van der Waals surface area contributed by atoms with Crippen molar-refractivity contribution in [1.82, 2.24) is 0 Å². The van der Waals surface area contributed by atoms with Gasteiger partial charge in [-0.1, -0.05) is 25.8 Å². The minimum atomic E-state index is -4.47. The molecule has 1 aromatic rings. The fourth-order valence-electron chi connectivity index (χ4n) is 1.72. The second kappa shape index (κ2) is 7.17. The number of hydrogen-bond acceptors (Lipinski definition) is 2. The van der Waals surface area contributed by atoms with E-state index in [1.165, 1.54) is 12.1 Å². The Balaban J connectivity index is 2.76. The number of hydrogen-bond donors (Lipinski definition) is 1. The second-order valence-corrected chi connectivity index (χ2v) is 4.47. The van der Waals surface area contributed by atoms with Crippen LogP contribution in [0.15, 0.2) is 24.3 Å². The van der Waals surface area contributed by atoms with Gasteiger partial charge in [-0.3, -0.25) is 0 Å². The maximum atomic E-state index is 12.5. The van der Waals surface area contributed by atoms with E-state index in [0.29, 0.717) is 6.42 Å². The van der Waals surface area contributed by atoms with Crippen LogP contribution in [0.25, 0.3) is 0 Å². The Labute approximate surface area is 115 Å². The van der Waals surface area contributed by atoms with E-state index < -0.39 is 23.8 Å². The SMILES string of the molecule is CCCCCC(Oc1cccc(C(F)(F)F)c1)C(=O)O. The van der Waals surface area contributed by atoms with Crippen LogP contribution in [0.3, 0.4) is 0 Å². The van der Waals surface area contributed by atoms with Gasteiger partial charge < -0.3 is 9.84 Å². The Kier molecular flexibility index (Phi) is 5.85. The van der Waals surface area contributed by atoms with E-state index in [-0.39, 0.29) is 12.2 Å². The van der Waals surface area contributed by atoms with Crippen molar-refractivity contribution < 1.29 is 27.8 Å². The molecule has 112 valence electrons. The molecule has 3 nitrogen and oxygen atoms in total. The lowest BCUT2D eigenvalue weighted by Crippen LogP contribution is -2.27. The number of alkyl halides is 3. The molecule has 0 saturated heterocycles. The summed E-state index contributed by atoms with van der Waals surface area (Å²) in [5.41, 5.74) is -0.854. The molecule has 1 unspecified atom stereocenters. The van der Waals surface area contributed by atoms with Crippen LogP contribution < -0.4 is 4.74 Å². The number of benzene rings is 1. The lowest BCUT2D eigenvalue weighted by molar-refractivity contribution is -0.145. The summed E-state index contributed by atoms with van der Waals surface area (Å²) >= 11 is 0. The first-order chi connectivity index (χ1) is 9.34. The molecule has 0 spiro atoms. The quantitative estimate of drug-likeness (QED) is 0.768. The third-order valence-corrected chi connectivity index (χ3v) is 2.79. The molecular weight excluding hydrogens is 273 g/mol. The molecule has 0 fully saturated rings. The Bertz CT molecular complexity index is 444. The maximum Gasteiger partial charge on any atom is 0.416 e. The molecular formula is C14H17F3O3. The van der Waals surface area contributed by atoms with Gasteiger partial charge in [0.25, 0.3) is 0 Å². The van der Waals surface area contributed by atoms with Gasteiger partial charge in [0.05, 0.1) is 5.56 Å². The maximum absolute atomic E-state index is 12.5. The van der Waals surface area contributed by atoms with Crippen molar-refractivity contribution in [3.63, 3.8) is 0 Å². The zero-order chi connectivity index (χ0) is 15.2. The number of halogens is 3. The van der Waals surface area contributed by atoms with Crippen LogP contribution in [0.4, 0.5) is 13.2 Å². The summed E-state index contributed by atoms with van der Waals surface area (Å²) in [6.07, 6.45) is -2.87. The lowest BCUT2D eigenvalue weighted by atomic mass is 10.1. The predicted octanol–water partition coefficient (Wildman–Crippen LogP) is 4.12. The Hall–Kier alpha value is -1.72. The molecule has 0 radical (unpaired) electrons. The van der Waals surface area contributed by atoms with Crippen LogP contribution in [-0.2, 0) is 11.0 Å². The van der Waals surface area contributed by atoms with Crippen molar-refractivity contribution in [1.29, 1.82) is 0 Å². The fraction of sp³-hybridized carbons (Fsp3) is 0.500. The van der Waals surface area contributed by atoms with Crippen LogP contribution in [0.1, 0.15) is 38.2 Å². The standard InChI is InChI=1S/C14H17F3O3/c1-2-3-4-8-12(13(18)19)20-11-7-5-6-10(9-11)14(15,16)17/h5-7,9,12H,2-4,8H2,1H3,(H,18,19). The Morgan fingerprint density at radius 3 is 2.60 bits per heavy atom. The first-order valence-electron chi connectivity index (χ1n) is 6.41. The number of rotatable bonds is 7. The highest BCUT2D eigenvalue weighted by Gasteiger charge is 2.31. The van der Waals surface area contributed by atoms with Gasteiger partial charge in [-0.2, -0.15) is 13.2 Å². The molecule has 1 rings (SSSR count). The first kappa shape index (κ1) is 16.3. The zero-order valence-electron chi connectivity index (χ0n) is 11.1. The summed E-state index contributed by atoms with van der Waals surface area (Å²) in [4.78, 5) is 11.0. The molecule has 0 heterocycles. The largest absolute Gasteiger partial charge is 0.479 e. The molecule has 1 atom stereocenters. The van der Waals surface area contributed by atoms with E-state index in [9.17, 15) is 18.0 Å². The number of carbonyl (C=O) groups is 1. The number of carboxylic acid groups (broad SMARTS) is 1. The molecule has 0 amide bonds. The van der Waals surface area contributed by atoms with E-state index in [1.54, 1.807) is 0 Å². The molecule has 20 heavy (non-hydrogen) atoms. The van der Waals surface area contributed by atoms with E-state index in [1.807, 2.05) is 6.92 Å². The normalized spacial score (nSPS) is 13.0. The molecule has 0 saturated carbocycles. The number of aliphatic carboxylic acids is 1. The summed E-state index contributed by atoms with van der Waals surface area (Å²) in [6.45, 7) is 1.98. The van der Waals surface area contributed by atoms with Gasteiger partial charge in [-0.05, 0) is 31.0 Å². The van der Waals surface area contributed by atoms with Crippen molar-refractivity contribution in [3.8, 4) is 5.75 Å². The highest BCUT2D eigenvalue weighted by Crippen LogP contribution is 2.31. The molecule has 1 aromatic carbocycles. The van der Waals surface area contributed by atoms with E-state index >= 15 is 0 Å². The minimum Gasteiger partial charge on any atom is -0.479 e. The fourth-order valence-corrected chi connectivity index (χ4v) is 1.72. The van der Waals surface area contributed by atoms with Crippen LogP contribution in [0.5, 0.6) is 5.75 Å². The van der Waals surface area contributed by atoms with Gasteiger partial charge in [-0.15, -0.1) is 0 Å². The highest BCUT2D eigenvalue weighted by atomic mass is 19.4. The smallest absolute Gasteiger partial charge is 0.416 e. The van der Waals surface area contributed by atoms with E-state index in [2.05, 4.69) is 0 Å². The third-order valence-electron chi connectivity index (χ3n) is 2.79. The highest BCUT2D eigenvalue weighted by molar-refractivity contribution is 5.72. The van der Waals surface area contributed by atoms with Crippen LogP contribution in [-0.4, -0.2) is 17.2 Å². The summed E-state index contributed by atoms with van der Waals surface area (Å²) < 4.78 is 42.8. The van der Waals surface area contributed by atoms with Crippen molar-refractivity contribution in [2.75, 3.05) is 0 Å². The molecule has 6 heteroatoms. The summed E-state index contributed by atoms with van der Waals surface area (Å²) in [7, 11) is 0. The van der Waals surface area contributed by atoms with Crippen molar-refractivity contribution in [2.24, 2.45) is 0 Å². The topological polar surface area (TPSA) is 46.5 Å². The van der Waals surface area contributed by atoms with Crippen molar-refractivity contribution >= 4 is 5.97 Å². The molecule has 0 aliphatic rings. The monoisotopic (exact) mass is 290 g/mol. The third kappa shape index (κ3) is 5.11. The average molecular weight is 290 g/mol. The number of unbranched alkanes of at least 4 members (excludes halogenated alkanes) is 2. The van der Waals surface area contributed by atoms with Gasteiger partial charge in [0.1, 0.15) is 5.75 Å². The first-order valence-corrected chi connectivity index (χ1v) is 6.41. The summed E-state index contributed by atoms with van der Waals surface area (Å²) in [5.74, 6) is -1.25. The van der Waals surface area contributed by atoms with E-state index in [0.717, 1.165) is 25.0 Å². The Morgan fingerprint density at radius 2 is 2.05 bits per heavy atom. The Morgan fingerprint density at radius 1 is 1.35 bits per heavy atom. The molecule has 0 aromatic heterocycles. The van der Waals surface area contributed by atoms with Crippen molar-refractivity contribution in [3.05, 3.63) is 29.8 Å². The molecule has 0 bridgehead atoms. The predicted molar refractivity (Wildman–Crippen MR) is 67.6 cm³/mol. The summed E-state index contributed by atoms with van der Waals surface area (Å²) in [6, 6.07) is 4.25. The van der Waals surface area contributed by atoms with Crippen LogP contribution in [0.2, 0.25) is 0 Å². The van der Waals surface area contributed by atoms with Gasteiger partial charge in [0.15, 0.2) is 6.10 Å². The van der Waals surface area contributed by atoms with Gasteiger partial charge in [-0.25, -0.2) is 4.79 Å². The minimum absolute atomic E-state index is 0.0799. The summed E-state index contributed by atoms with van der Waals surface area (Å²) in [5, 5.41) is 9.02. The van der Waals surface area contributed by atoms with Crippen LogP contribution >= 0.6 is 0 Å². The number of carboxylic acids is 1. The molecule has 1 N–H and O–H groups in total. The number of ether oxygens (including phenoxy) is 1. The lowest BCUT2D eigenvalue weighted by Gasteiger charge is -2.16. The zero-order valence-corrected chi connectivity index (χ0v) is 11.1. The van der Waals surface area contributed by atoms with E-state index in [4.69, 9.17) is 9.84 Å².